The number of nitrogens with one attached hydrogen (secondary N) is 3. The van der Waals surface area contributed by atoms with Crippen molar-refractivity contribution in [2.75, 3.05) is 45.8 Å². The van der Waals surface area contributed by atoms with Crippen LogP contribution in [0.4, 0.5) is 0 Å². The van der Waals surface area contributed by atoms with Gasteiger partial charge in [-0.3, -0.25) is 9.59 Å². The molecule has 2 saturated heterocycles. The molecular formula is C24H40N4O2+2. The molecule has 3 atom stereocenters. The number of quaternary nitrogens is 2. The lowest BCUT2D eigenvalue weighted by atomic mass is 10.0. The Hall–Kier alpha value is -1.92. The Kier molecular flexibility index (Phi) is 7.89. The smallest absolute Gasteiger partial charge is 0.285 e. The summed E-state index contributed by atoms with van der Waals surface area (Å²) in [5.74, 6) is 0.398. The third-order valence-corrected chi connectivity index (χ3v) is 6.21. The molecule has 0 aromatic heterocycles. The van der Waals surface area contributed by atoms with E-state index in [2.05, 4.69) is 22.3 Å². The minimum Gasteiger partial charge on any atom is -0.347 e. The van der Waals surface area contributed by atoms with E-state index in [0.29, 0.717) is 6.54 Å². The summed E-state index contributed by atoms with van der Waals surface area (Å²) >= 11 is 0. The summed E-state index contributed by atoms with van der Waals surface area (Å²) in [6.07, 6.45) is 4.49. The maximum Gasteiger partial charge on any atom is 0.285 e. The van der Waals surface area contributed by atoms with Crippen molar-refractivity contribution < 1.29 is 19.4 Å². The second kappa shape index (κ2) is 10.4. The van der Waals surface area contributed by atoms with E-state index in [-0.39, 0.29) is 23.4 Å². The van der Waals surface area contributed by atoms with Gasteiger partial charge in [0.05, 0.1) is 13.1 Å². The van der Waals surface area contributed by atoms with Gasteiger partial charge >= 0.3 is 0 Å². The fraction of sp³-hybridized carbons (Fsp3) is 0.667. The molecule has 2 unspecified atom stereocenters. The SMILES string of the molecule is CC(C)(C)NC(=O)C[NH+]1CCC[NH+]([C@H](C(=O)N2CCCCC2)c2ccccc2)CC1. The average molecular weight is 417 g/mol. The lowest BCUT2D eigenvalue weighted by Crippen LogP contribution is -3.18. The van der Waals surface area contributed by atoms with Gasteiger partial charge < -0.3 is 20.0 Å². The van der Waals surface area contributed by atoms with Crippen LogP contribution in [-0.4, -0.2) is 68.1 Å². The largest absolute Gasteiger partial charge is 0.347 e. The van der Waals surface area contributed by atoms with Gasteiger partial charge in [0.1, 0.15) is 13.1 Å². The molecular weight excluding hydrogens is 376 g/mol. The Bertz CT molecular complexity index is 695. The van der Waals surface area contributed by atoms with E-state index in [0.717, 1.165) is 64.1 Å². The van der Waals surface area contributed by atoms with Crippen LogP contribution in [0.1, 0.15) is 58.1 Å². The molecule has 3 rings (SSSR count). The van der Waals surface area contributed by atoms with Gasteiger partial charge in [-0.15, -0.1) is 0 Å². The number of rotatable bonds is 5. The first-order chi connectivity index (χ1) is 14.3. The standard InChI is InChI=1S/C24H38N4O2/c1-24(2,3)25-21(29)19-26-13-10-16-27(18-17-26)22(20-11-6-4-7-12-20)23(30)28-14-8-5-9-15-28/h4,6-7,11-12,22H,5,8-10,13-19H2,1-3H3,(H,25,29)/p+2/t22-/m0/s1. The lowest BCUT2D eigenvalue weighted by Gasteiger charge is -2.33. The fourth-order valence-electron chi connectivity index (χ4n) is 4.80. The molecule has 2 aliphatic heterocycles. The molecule has 6 heteroatoms. The number of hydrogen-bond donors (Lipinski definition) is 3. The Morgan fingerprint density at radius 2 is 1.67 bits per heavy atom. The molecule has 0 radical (unpaired) electrons. The van der Waals surface area contributed by atoms with Crippen molar-refractivity contribution in [1.29, 1.82) is 0 Å². The van der Waals surface area contributed by atoms with Gasteiger partial charge in [-0.25, -0.2) is 0 Å². The van der Waals surface area contributed by atoms with Crippen molar-refractivity contribution >= 4 is 11.8 Å². The molecule has 1 aromatic rings. The highest BCUT2D eigenvalue weighted by atomic mass is 16.2. The Morgan fingerprint density at radius 1 is 0.967 bits per heavy atom. The Morgan fingerprint density at radius 3 is 2.33 bits per heavy atom. The average Bonchev–Trinajstić information content (AvgIpc) is 2.94. The molecule has 30 heavy (non-hydrogen) atoms. The van der Waals surface area contributed by atoms with Crippen LogP contribution in [0.5, 0.6) is 0 Å². The molecule has 2 amide bonds. The van der Waals surface area contributed by atoms with Crippen LogP contribution in [0.2, 0.25) is 0 Å². The van der Waals surface area contributed by atoms with E-state index in [1.165, 1.54) is 16.2 Å². The number of carbonyl (C=O) groups is 2. The first-order valence-electron chi connectivity index (χ1n) is 11.7. The minimum atomic E-state index is -0.196. The monoisotopic (exact) mass is 416 g/mol. The van der Waals surface area contributed by atoms with E-state index < -0.39 is 0 Å². The molecule has 2 aliphatic rings. The molecule has 0 spiro atoms. The van der Waals surface area contributed by atoms with Crippen LogP contribution in [0.25, 0.3) is 0 Å². The predicted octanol–water partition coefficient (Wildman–Crippen LogP) is -0.172. The Labute approximate surface area is 181 Å². The quantitative estimate of drug-likeness (QED) is 0.624. The maximum atomic E-state index is 13.6. The van der Waals surface area contributed by atoms with Crippen molar-refractivity contribution in [2.45, 2.75) is 58.0 Å². The van der Waals surface area contributed by atoms with E-state index >= 15 is 0 Å². The number of amides is 2. The van der Waals surface area contributed by atoms with Crippen molar-refractivity contribution in [2.24, 2.45) is 0 Å². The Balaban J connectivity index is 1.68. The first kappa shape index (κ1) is 22.8. The first-order valence-corrected chi connectivity index (χ1v) is 11.7. The minimum absolute atomic E-state index is 0.116. The lowest BCUT2D eigenvalue weighted by molar-refractivity contribution is -0.948. The van der Waals surface area contributed by atoms with E-state index in [1.54, 1.807) is 0 Å². The van der Waals surface area contributed by atoms with E-state index in [9.17, 15) is 9.59 Å². The number of hydrogen-bond acceptors (Lipinski definition) is 2. The molecule has 166 valence electrons. The van der Waals surface area contributed by atoms with Crippen LogP contribution in [0.15, 0.2) is 30.3 Å². The third-order valence-electron chi connectivity index (χ3n) is 6.21. The van der Waals surface area contributed by atoms with E-state index in [4.69, 9.17) is 0 Å². The molecule has 0 bridgehead atoms. The second-order valence-corrected chi connectivity index (χ2v) is 9.97. The number of nitrogens with zero attached hydrogens (tertiary/aromatic N) is 1. The molecule has 2 fully saturated rings. The highest BCUT2D eigenvalue weighted by molar-refractivity contribution is 5.82. The van der Waals surface area contributed by atoms with Crippen molar-refractivity contribution in [3.63, 3.8) is 0 Å². The highest BCUT2D eigenvalue weighted by Crippen LogP contribution is 2.17. The zero-order valence-corrected chi connectivity index (χ0v) is 19.0. The summed E-state index contributed by atoms with van der Waals surface area (Å²) in [7, 11) is 0. The van der Waals surface area contributed by atoms with E-state index in [1.807, 2.05) is 39.0 Å². The van der Waals surface area contributed by atoms with Crippen LogP contribution < -0.4 is 15.1 Å². The van der Waals surface area contributed by atoms with Crippen LogP contribution in [0.3, 0.4) is 0 Å². The van der Waals surface area contributed by atoms with Gasteiger partial charge in [0.2, 0.25) is 0 Å². The molecule has 0 aliphatic carbocycles. The van der Waals surface area contributed by atoms with Gasteiger partial charge in [0.25, 0.3) is 11.8 Å². The summed E-state index contributed by atoms with van der Waals surface area (Å²) in [5.41, 5.74) is 0.927. The van der Waals surface area contributed by atoms with Crippen LogP contribution >= 0.6 is 0 Å². The molecule has 1 aromatic carbocycles. The van der Waals surface area contributed by atoms with Gasteiger partial charge in [-0.2, -0.15) is 0 Å². The van der Waals surface area contributed by atoms with Gasteiger partial charge in [-0.1, -0.05) is 30.3 Å². The molecule has 2 heterocycles. The summed E-state index contributed by atoms with van der Waals surface area (Å²) in [5, 5.41) is 3.08. The number of carbonyl (C=O) groups excluding carboxylic acids is 2. The maximum absolute atomic E-state index is 13.6. The van der Waals surface area contributed by atoms with Crippen LogP contribution in [0, 0.1) is 0 Å². The van der Waals surface area contributed by atoms with Gasteiger partial charge in [0.15, 0.2) is 12.6 Å². The number of likely N-dealkylation sites (tertiary alicyclic amines) is 1. The summed E-state index contributed by atoms with van der Waals surface area (Å²) in [4.78, 5) is 30.7. The molecule has 6 nitrogen and oxygen atoms in total. The summed E-state index contributed by atoms with van der Waals surface area (Å²) in [6, 6.07) is 10.2. The van der Waals surface area contributed by atoms with Gasteiger partial charge in [-0.05, 0) is 40.0 Å². The van der Waals surface area contributed by atoms with Crippen LogP contribution in [-0.2, 0) is 9.59 Å². The number of piperidine rings is 1. The van der Waals surface area contributed by atoms with Crippen molar-refractivity contribution in [3.8, 4) is 0 Å². The summed E-state index contributed by atoms with van der Waals surface area (Å²) < 4.78 is 0. The van der Waals surface area contributed by atoms with Crippen molar-refractivity contribution in [3.05, 3.63) is 35.9 Å². The topological polar surface area (TPSA) is 58.3 Å². The molecule has 0 saturated carbocycles. The second-order valence-electron chi connectivity index (χ2n) is 9.97. The molecule has 3 N–H and O–H groups in total. The fourth-order valence-corrected chi connectivity index (χ4v) is 4.80. The zero-order chi connectivity index (χ0) is 21.6. The third kappa shape index (κ3) is 6.54. The normalized spacial score (nSPS) is 24.0. The van der Waals surface area contributed by atoms with Crippen molar-refractivity contribution in [1.82, 2.24) is 10.2 Å². The number of benzene rings is 1. The summed E-state index contributed by atoms with van der Waals surface area (Å²) in [6.45, 7) is 12.1. The highest BCUT2D eigenvalue weighted by Gasteiger charge is 2.37. The predicted molar refractivity (Wildman–Crippen MR) is 118 cm³/mol. The van der Waals surface area contributed by atoms with Gasteiger partial charge in [0, 0.05) is 30.6 Å². The zero-order valence-electron chi connectivity index (χ0n) is 19.0.